The number of thioether (sulfide) groups is 1. The molecule has 0 saturated heterocycles. The van der Waals surface area contributed by atoms with Gasteiger partial charge in [-0.25, -0.2) is 9.37 Å². The molecule has 3 aromatic rings. The van der Waals surface area contributed by atoms with Crippen LogP contribution in [0.3, 0.4) is 0 Å². The third-order valence-corrected chi connectivity index (χ3v) is 5.14. The molecule has 1 aromatic carbocycles. The lowest BCUT2D eigenvalue weighted by Gasteiger charge is -2.11. The van der Waals surface area contributed by atoms with E-state index in [4.69, 9.17) is 4.52 Å². The number of nitrogens with zero attached hydrogens (tertiary/aromatic N) is 3. The first-order chi connectivity index (χ1) is 13.9. The number of hydrogen-bond donors (Lipinski definition) is 2. The molecule has 0 bridgehead atoms. The molecule has 2 amide bonds. The summed E-state index contributed by atoms with van der Waals surface area (Å²) >= 11 is 1.19. The number of benzene rings is 1. The average Bonchev–Trinajstić information content (AvgIpc) is 3.36. The largest absolute Gasteiger partial charge is 0.360 e. The normalized spacial score (nSPS) is 11.8. The van der Waals surface area contributed by atoms with Gasteiger partial charge in [0.25, 0.3) is 0 Å². The van der Waals surface area contributed by atoms with Crippen LogP contribution < -0.4 is 10.6 Å². The predicted molar refractivity (Wildman–Crippen MR) is 107 cm³/mol. The molecule has 0 spiro atoms. The summed E-state index contributed by atoms with van der Waals surface area (Å²) in [5.74, 6) is 0.110. The van der Waals surface area contributed by atoms with Crippen molar-refractivity contribution in [1.29, 1.82) is 0 Å². The Bertz CT molecular complexity index is 990. The Hall–Kier alpha value is -3.14. The molecule has 2 N–H and O–H groups in total. The van der Waals surface area contributed by atoms with Gasteiger partial charge in [0.05, 0.1) is 23.0 Å². The zero-order valence-corrected chi connectivity index (χ0v) is 16.7. The lowest BCUT2D eigenvalue weighted by molar-refractivity contribution is -0.118. The van der Waals surface area contributed by atoms with E-state index in [-0.39, 0.29) is 24.1 Å². The molecule has 8 nitrogen and oxygen atoms in total. The van der Waals surface area contributed by atoms with Crippen molar-refractivity contribution in [3.05, 3.63) is 60.1 Å². The molecule has 3 rings (SSSR count). The smallest absolute Gasteiger partial charge is 0.238 e. The third kappa shape index (κ3) is 5.67. The fourth-order valence-electron chi connectivity index (χ4n) is 2.45. The van der Waals surface area contributed by atoms with Gasteiger partial charge in [-0.3, -0.25) is 9.59 Å². The van der Waals surface area contributed by atoms with Crippen molar-refractivity contribution in [2.45, 2.75) is 25.6 Å². The zero-order valence-electron chi connectivity index (χ0n) is 15.9. The highest BCUT2D eigenvalue weighted by atomic mass is 32.2. The van der Waals surface area contributed by atoms with Crippen LogP contribution in [0, 0.1) is 12.7 Å². The van der Waals surface area contributed by atoms with Crippen molar-refractivity contribution in [1.82, 2.24) is 20.0 Å². The molecular formula is C19H20FN5O3S. The molecule has 2 aromatic heterocycles. The van der Waals surface area contributed by atoms with Crippen LogP contribution in [0.25, 0.3) is 5.69 Å². The number of rotatable bonds is 8. The predicted octanol–water partition coefficient (Wildman–Crippen LogP) is 2.68. The van der Waals surface area contributed by atoms with E-state index in [1.54, 1.807) is 49.0 Å². The molecule has 152 valence electrons. The van der Waals surface area contributed by atoms with Crippen LogP contribution in [-0.2, 0) is 16.1 Å². The topological polar surface area (TPSA) is 102 Å². The summed E-state index contributed by atoms with van der Waals surface area (Å²) in [6.07, 6.45) is 4.73. The summed E-state index contributed by atoms with van der Waals surface area (Å²) in [7, 11) is 0. The summed E-state index contributed by atoms with van der Waals surface area (Å²) in [4.78, 5) is 28.0. The Balaban J connectivity index is 1.43. The van der Waals surface area contributed by atoms with Gasteiger partial charge < -0.3 is 19.7 Å². The fraction of sp³-hybridized carbons (Fsp3) is 0.263. The highest BCUT2D eigenvalue weighted by Crippen LogP contribution is 2.16. The van der Waals surface area contributed by atoms with E-state index in [2.05, 4.69) is 20.8 Å². The Kier molecular flexibility index (Phi) is 6.65. The standard InChI is InChI=1S/C19H20FN5O3S/c1-12-7-17(24-28-12)23-19(27)13(2)29-10-18(26)22-9-14-3-4-16(15(20)8-14)25-6-5-21-11-25/h3-8,11,13H,9-10H2,1-2H3,(H,22,26)(H,23,24,27). The van der Waals surface area contributed by atoms with Crippen LogP contribution in [0.15, 0.2) is 47.5 Å². The Morgan fingerprint density at radius 2 is 2.17 bits per heavy atom. The molecule has 29 heavy (non-hydrogen) atoms. The molecule has 0 saturated carbocycles. The Labute approximate surface area is 170 Å². The van der Waals surface area contributed by atoms with Crippen molar-refractivity contribution in [2.75, 3.05) is 11.1 Å². The number of amides is 2. The lowest BCUT2D eigenvalue weighted by atomic mass is 10.2. The number of imidazole rings is 1. The van der Waals surface area contributed by atoms with Crippen LogP contribution in [-0.4, -0.2) is 37.5 Å². The number of halogens is 1. The molecular weight excluding hydrogens is 397 g/mol. The van der Waals surface area contributed by atoms with E-state index >= 15 is 0 Å². The van der Waals surface area contributed by atoms with E-state index in [9.17, 15) is 14.0 Å². The maximum atomic E-state index is 14.2. The lowest BCUT2D eigenvalue weighted by Crippen LogP contribution is -2.28. The average molecular weight is 417 g/mol. The first-order valence-corrected chi connectivity index (χ1v) is 9.86. The van der Waals surface area contributed by atoms with Crippen LogP contribution in [0.4, 0.5) is 10.2 Å². The number of aryl methyl sites for hydroxylation is 1. The van der Waals surface area contributed by atoms with Crippen LogP contribution in [0.2, 0.25) is 0 Å². The summed E-state index contributed by atoms with van der Waals surface area (Å²) in [6.45, 7) is 3.62. The van der Waals surface area contributed by atoms with Gasteiger partial charge in [0, 0.05) is 25.0 Å². The summed E-state index contributed by atoms with van der Waals surface area (Å²) < 4.78 is 20.7. The number of anilines is 1. The van der Waals surface area contributed by atoms with Gasteiger partial charge in [0.2, 0.25) is 11.8 Å². The zero-order chi connectivity index (χ0) is 20.8. The third-order valence-electron chi connectivity index (χ3n) is 4.00. The highest BCUT2D eigenvalue weighted by Gasteiger charge is 2.17. The first-order valence-electron chi connectivity index (χ1n) is 8.81. The molecule has 1 atom stereocenters. The van der Waals surface area contributed by atoms with E-state index in [0.717, 1.165) is 0 Å². The minimum absolute atomic E-state index is 0.0992. The van der Waals surface area contributed by atoms with Crippen LogP contribution in [0.1, 0.15) is 18.2 Å². The fourth-order valence-corrected chi connectivity index (χ4v) is 3.17. The van der Waals surface area contributed by atoms with Gasteiger partial charge >= 0.3 is 0 Å². The quantitative estimate of drug-likeness (QED) is 0.584. The van der Waals surface area contributed by atoms with E-state index < -0.39 is 11.1 Å². The van der Waals surface area contributed by atoms with Gasteiger partial charge in [-0.05, 0) is 31.5 Å². The number of aromatic nitrogens is 3. The van der Waals surface area contributed by atoms with Crippen LogP contribution >= 0.6 is 11.8 Å². The van der Waals surface area contributed by atoms with Gasteiger partial charge in [0.1, 0.15) is 11.6 Å². The highest BCUT2D eigenvalue weighted by molar-refractivity contribution is 8.01. The number of carbonyl (C=O) groups excluding carboxylic acids is 2. The molecule has 0 aliphatic carbocycles. The van der Waals surface area contributed by atoms with Crippen molar-refractivity contribution in [2.24, 2.45) is 0 Å². The molecule has 2 heterocycles. The van der Waals surface area contributed by atoms with Crippen molar-refractivity contribution >= 4 is 29.4 Å². The van der Waals surface area contributed by atoms with Gasteiger partial charge in [0.15, 0.2) is 5.82 Å². The van der Waals surface area contributed by atoms with Crippen molar-refractivity contribution in [3.8, 4) is 5.69 Å². The maximum absolute atomic E-state index is 14.2. The monoisotopic (exact) mass is 417 g/mol. The number of carbonyl (C=O) groups is 2. The van der Waals surface area contributed by atoms with E-state index in [1.807, 2.05) is 0 Å². The molecule has 10 heteroatoms. The van der Waals surface area contributed by atoms with Crippen molar-refractivity contribution in [3.63, 3.8) is 0 Å². The van der Waals surface area contributed by atoms with E-state index in [1.165, 1.54) is 24.2 Å². The summed E-state index contributed by atoms with van der Waals surface area (Å²) in [5, 5.41) is 8.59. The van der Waals surface area contributed by atoms with Gasteiger partial charge in [-0.2, -0.15) is 0 Å². The van der Waals surface area contributed by atoms with Gasteiger partial charge in [-0.1, -0.05) is 11.2 Å². The minimum Gasteiger partial charge on any atom is -0.360 e. The second-order valence-electron chi connectivity index (χ2n) is 6.30. The second kappa shape index (κ2) is 9.37. The van der Waals surface area contributed by atoms with Crippen LogP contribution in [0.5, 0.6) is 0 Å². The molecule has 0 radical (unpaired) electrons. The molecule has 0 fully saturated rings. The SMILES string of the molecule is Cc1cc(NC(=O)C(C)SCC(=O)NCc2ccc(-n3ccnc3)c(F)c2)no1. The Morgan fingerprint density at radius 3 is 2.83 bits per heavy atom. The molecule has 1 unspecified atom stereocenters. The number of hydrogen-bond acceptors (Lipinski definition) is 6. The summed E-state index contributed by atoms with van der Waals surface area (Å²) in [5.41, 5.74) is 1.02. The molecule has 0 aliphatic heterocycles. The van der Waals surface area contributed by atoms with Gasteiger partial charge in [-0.15, -0.1) is 11.8 Å². The molecule has 0 aliphatic rings. The number of nitrogens with one attached hydrogen (secondary N) is 2. The minimum atomic E-state index is -0.454. The maximum Gasteiger partial charge on any atom is 0.238 e. The second-order valence-corrected chi connectivity index (χ2v) is 7.63. The first kappa shape index (κ1) is 20.6. The Morgan fingerprint density at radius 1 is 1.34 bits per heavy atom. The van der Waals surface area contributed by atoms with E-state index in [0.29, 0.717) is 22.8 Å². The summed E-state index contributed by atoms with van der Waals surface area (Å²) in [6, 6.07) is 6.35. The van der Waals surface area contributed by atoms with Crippen molar-refractivity contribution < 1.29 is 18.5 Å².